The summed E-state index contributed by atoms with van der Waals surface area (Å²) in [6, 6.07) is 20.8. The Morgan fingerprint density at radius 1 is 0.571 bits per heavy atom. The third-order valence-corrected chi connectivity index (χ3v) is 3.29. The van der Waals surface area contributed by atoms with Gasteiger partial charge in [0.1, 0.15) is 0 Å². The van der Waals surface area contributed by atoms with Gasteiger partial charge in [-0.1, -0.05) is 60.7 Å². The van der Waals surface area contributed by atoms with Gasteiger partial charge in [-0.15, -0.1) is 0 Å². The van der Waals surface area contributed by atoms with E-state index in [1.165, 1.54) is 11.1 Å². The van der Waals surface area contributed by atoms with Crippen LogP contribution in [0.25, 0.3) is 0 Å². The van der Waals surface area contributed by atoms with Crippen molar-refractivity contribution in [1.82, 2.24) is 0 Å². The van der Waals surface area contributed by atoms with Crippen molar-refractivity contribution < 1.29 is 9.47 Å². The van der Waals surface area contributed by atoms with E-state index >= 15 is 0 Å². The van der Waals surface area contributed by atoms with Crippen LogP contribution in [0.15, 0.2) is 60.7 Å². The minimum absolute atomic E-state index is 0.689. The summed E-state index contributed by atoms with van der Waals surface area (Å²) >= 11 is 0. The maximum atomic E-state index is 5.63. The summed E-state index contributed by atoms with van der Waals surface area (Å²) in [4.78, 5) is 0. The van der Waals surface area contributed by atoms with Crippen LogP contribution in [-0.2, 0) is 22.5 Å². The summed E-state index contributed by atoms with van der Waals surface area (Å²) in [5.74, 6) is 0. The van der Waals surface area contributed by atoms with E-state index in [4.69, 9.17) is 9.47 Å². The van der Waals surface area contributed by atoms with E-state index in [0.717, 1.165) is 39.1 Å². The van der Waals surface area contributed by atoms with Crippen molar-refractivity contribution in [3.8, 4) is 0 Å². The molecule has 2 aromatic rings. The van der Waals surface area contributed by atoms with Crippen LogP contribution in [0.2, 0.25) is 0 Å². The Hall–Kier alpha value is -1.64. The Kier molecular flexibility index (Phi) is 7.60. The minimum Gasteiger partial charge on any atom is -0.381 e. The van der Waals surface area contributed by atoms with Gasteiger partial charge in [0.25, 0.3) is 0 Å². The first-order valence-corrected chi connectivity index (χ1v) is 7.68. The summed E-state index contributed by atoms with van der Waals surface area (Å²) in [6.07, 6.45) is 3.12. The van der Waals surface area contributed by atoms with Crippen LogP contribution < -0.4 is 0 Å². The summed E-state index contributed by atoms with van der Waals surface area (Å²) in [5, 5.41) is 0. The van der Waals surface area contributed by atoms with Crippen LogP contribution in [0.5, 0.6) is 0 Å². The number of aryl methyl sites for hydroxylation is 1. The lowest BCUT2D eigenvalue weighted by molar-refractivity contribution is 0.0750. The quantitative estimate of drug-likeness (QED) is 0.607. The molecule has 2 aromatic carbocycles. The van der Waals surface area contributed by atoms with Crippen LogP contribution in [0.1, 0.15) is 24.0 Å². The molecule has 21 heavy (non-hydrogen) atoms. The molecule has 0 fully saturated rings. The van der Waals surface area contributed by atoms with Gasteiger partial charge in [0.2, 0.25) is 0 Å². The van der Waals surface area contributed by atoms with Gasteiger partial charge in [0.15, 0.2) is 0 Å². The number of rotatable bonds is 10. The van der Waals surface area contributed by atoms with Gasteiger partial charge in [-0.05, 0) is 30.4 Å². The smallest absolute Gasteiger partial charge is 0.0716 e. The fraction of sp³-hybridized carbons (Fsp3) is 0.368. The van der Waals surface area contributed by atoms with Gasteiger partial charge >= 0.3 is 0 Å². The molecule has 0 radical (unpaired) electrons. The fourth-order valence-corrected chi connectivity index (χ4v) is 2.15. The van der Waals surface area contributed by atoms with Gasteiger partial charge < -0.3 is 9.47 Å². The summed E-state index contributed by atoms with van der Waals surface area (Å²) in [5.41, 5.74) is 2.61. The summed E-state index contributed by atoms with van der Waals surface area (Å²) in [6.45, 7) is 3.06. The minimum atomic E-state index is 0.689. The molecule has 2 rings (SSSR count). The van der Waals surface area contributed by atoms with Crippen molar-refractivity contribution >= 4 is 0 Å². The molecule has 2 heteroatoms. The summed E-state index contributed by atoms with van der Waals surface area (Å²) < 4.78 is 11.2. The van der Waals surface area contributed by atoms with Crippen LogP contribution >= 0.6 is 0 Å². The first kappa shape index (κ1) is 15.7. The van der Waals surface area contributed by atoms with E-state index in [0.29, 0.717) is 6.61 Å². The molecule has 0 atom stereocenters. The number of benzene rings is 2. The zero-order chi connectivity index (χ0) is 14.6. The highest BCUT2D eigenvalue weighted by Gasteiger charge is 1.94. The van der Waals surface area contributed by atoms with Crippen molar-refractivity contribution in [1.29, 1.82) is 0 Å². The van der Waals surface area contributed by atoms with Crippen molar-refractivity contribution in [2.24, 2.45) is 0 Å². The Balaban J connectivity index is 1.40. The third-order valence-electron chi connectivity index (χ3n) is 3.29. The van der Waals surface area contributed by atoms with E-state index in [1.54, 1.807) is 0 Å². The molecule has 0 spiro atoms. The lowest BCUT2D eigenvalue weighted by atomic mass is 10.1. The highest BCUT2D eigenvalue weighted by Crippen LogP contribution is 2.03. The molecule has 0 amide bonds. The molecule has 0 N–H and O–H groups in total. The first-order valence-electron chi connectivity index (χ1n) is 7.68. The van der Waals surface area contributed by atoms with E-state index in [9.17, 15) is 0 Å². The molecule has 0 aliphatic heterocycles. The Morgan fingerprint density at radius 2 is 1.14 bits per heavy atom. The second kappa shape index (κ2) is 10.1. The van der Waals surface area contributed by atoms with Gasteiger partial charge in [-0.25, -0.2) is 0 Å². The standard InChI is InChI=1S/C19H24O2/c1-3-9-18(10-4-1)13-7-14-20-15-8-16-21-17-19-11-5-2-6-12-19/h1-6,9-12H,7-8,13-17H2. The highest BCUT2D eigenvalue weighted by molar-refractivity contribution is 5.14. The van der Waals surface area contributed by atoms with Crippen LogP contribution in [0.3, 0.4) is 0 Å². The normalized spacial score (nSPS) is 10.7. The van der Waals surface area contributed by atoms with Crippen molar-refractivity contribution in [2.75, 3.05) is 19.8 Å². The zero-order valence-electron chi connectivity index (χ0n) is 12.5. The molecule has 112 valence electrons. The number of hydrogen-bond acceptors (Lipinski definition) is 2. The van der Waals surface area contributed by atoms with Crippen LogP contribution in [0.4, 0.5) is 0 Å². The first-order chi connectivity index (χ1) is 10.4. The Morgan fingerprint density at radius 3 is 1.86 bits per heavy atom. The zero-order valence-corrected chi connectivity index (χ0v) is 12.5. The molecule has 0 aliphatic rings. The van der Waals surface area contributed by atoms with Gasteiger partial charge in [0.05, 0.1) is 6.61 Å². The van der Waals surface area contributed by atoms with Crippen molar-refractivity contribution in [3.05, 3.63) is 71.8 Å². The molecule has 0 bridgehead atoms. The Labute approximate surface area is 127 Å². The number of ether oxygens (including phenoxy) is 2. The van der Waals surface area contributed by atoms with Gasteiger partial charge in [-0.2, -0.15) is 0 Å². The van der Waals surface area contributed by atoms with E-state index < -0.39 is 0 Å². The SMILES string of the molecule is c1ccc(CCCOCCCOCc2ccccc2)cc1. The van der Waals surface area contributed by atoms with E-state index in [1.807, 2.05) is 18.2 Å². The van der Waals surface area contributed by atoms with Crippen LogP contribution in [-0.4, -0.2) is 19.8 Å². The van der Waals surface area contributed by atoms with E-state index in [2.05, 4.69) is 42.5 Å². The topological polar surface area (TPSA) is 18.5 Å². The highest BCUT2D eigenvalue weighted by atomic mass is 16.5. The predicted octanol–water partition coefficient (Wildman–Crippen LogP) is 4.24. The molecular weight excluding hydrogens is 260 g/mol. The number of hydrogen-bond donors (Lipinski definition) is 0. The molecule has 2 nitrogen and oxygen atoms in total. The maximum Gasteiger partial charge on any atom is 0.0716 e. The molecule has 0 heterocycles. The van der Waals surface area contributed by atoms with Crippen molar-refractivity contribution in [3.63, 3.8) is 0 Å². The lowest BCUT2D eigenvalue weighted by Gasteiger charge is -2.06. The maximum absolute atomic E-state index is 5.63. The van der Waals surface area contributed by atoms with Gasteiger partial charge in [-0.3, -0.25) is 0 Å². The van der Waals surface area contributed by atoms with Gasteiger partial charge in [0, 0.05) is 19.8 Å². The van der Waals surface area contributed by atoms with Crippen molar-refractivity contribution in [2.45, 2.75) is 25.9 Å². The molecule has 0 aromatic heterocycles. The van der Waals surface area contributed by atoms with E-state index in [-0.39, 0.29) is 0 Å². The largest absolute Gasteiger partial charge is 0.381 e. The third kappa shape index (κ3) is 7.07. The second-order valence-corrected chi connectivity index (χ2v) is 5.09. The molecular formula is C19H24O2. The lowest BCUT2D eigenvalue weighted by Crippen LogP contribution is -2.03. The van der Waals surface area contributed by atoms with Crippen LogP contribution in [0, 0.1) is 0 Å². The Bertz CT molecular complexity index is 422. The predicted molar refractivity (Wildman–Crippen MR) is 86.3 cm³/mol. The second-order valence-electron chi connectivity index (χ2n) is 5.09. The molecule has 0 saturated heterocycles. The molecule has 0 aliphatic carbocycles. The molecule has 0 saturated carbocycles. The fourth-order valence-electron chi connectivity index (χ4n) is 2.15. The molecule has 0 unspecified atom stereocenters. The summed E-state index contributed by atoms with van der Waals surface area (Å²) in [7, 11) is 0. The monoisotopic (exact) mass is 284 g/mol. The average Bonchev–Trinajstić information content (AvgIpc) is 2.55. The average molecular weight is 284 g/mol.